The average Bonchev–Trinajstić information content (AvgIpc) is 3.04. The first-order valence-electron chi connectivity index (χ1n) is 8.71. The second kappa shape index (κ2) is 10.8. The van der Waals surface area contributed by atoms with E-state index in [1.807, 2.05) is 51.5 Å². The van der Waals surface area contributed by atoms with Crippen molar-refractivity contribution in [3.05, 3.63) is 36.0 Å². The minimum Gasteiger partial charge on any atom is -0.376 e. The maximum Gasteiger partial charge on any atom is 0.204 e. The molecule has 0 atom stereocenters. The van der Waals surface area contributed by atoms with Crippen molar-refractivity contribution >= 4 is 38.6 Å². The van der Waals surface area contributed by atoms with Gasteiger partial charge in [0, 0.05) is 12.8 Å². The molecule has 0 aliphatic heterocycles. The molecule has 0 fully saturated rings. The molecule has 0 spiro atoms. The SMILES string of the molecule is CCC=NC(=C\COCCN(C)C)/C(C)=N/Nc1nc2ccccc2s1. The predicted molar refractivity (Wildman–Crippen MR) is 113 cm³/mol. The number of fused-ring (bicyclic) bond motifs is 1. The summed E-state index contributed by atoms with van der Waals surface area (Å²) in [7, 11) is 4.06. The van der Waals surface area contributed by atoms with Crippen LogP contribution in [-0.4, -0.2) is 55.7 Å². The van der Waals surface area contributed by atoms with E-state index in [0.717, 1.165) is 39.7 Å². The number of hydrazone groups is 1. The van der Waals surface area contributed by atoms with Crippen molar-refractivity contribution in [3.63, 3.8) is 0 Å². The summed E-state index contributed by atoms with van der Waals surface area (Å²) in [6.07, 6.45) is 4.71. The van der Waals surface area contributed by atoms with Crippen molar-refractivity contribution in [3.8, 4) is 0 Å². The fraction of sp³-hybridized carbons (Fsp3) is 0.421. The molecule has 1 N–H and O–H groups in total. The number of hydrogen-bond donors (Lipinski definition) is 1. The molecule has 0 bridgehead atoms. The molecular weight excluding hydrogens is 346 g/mol. The highest BCUT2D eigenvalue weighted by Crippen LogP contribution is 2.25. The van der Waals surface area contributed by atoms with E-state index in [9.17, 15) is 0 Å². The molecule has 0 radical (unpaired) electrons. The van der Waals surface area contributed by atoms with Crippen molar-refractivity contribution in [2.45, 2.75) is 20.3 Å². The third kappa shape index (κ3) is 6.67. The summed E-state index contributed by atoms with van der Waals surface area (Å²) in [6.45, 7) is 6.08. The van der Waals surface area contributed by atoms with Crippen molar-refractivity contribution in [1.82, 2.24) is 9.88 Å². The fourth-order valence-electron chi connectivity index (χ4n) is 2.06. The Balaban J connectivity index is 2.00. The molecule has 0 aliphatic rings. The minimum absolute atomic E-state index is 0.512. The normalized spacial score (nSPS) is 13.3. The number of allylic oxidation sites excluding steroid dienone is 1. The summed E-state index contributed by atoms with van der Waals surface area (Å²) in [6, 6.07) is 8.04. The predicted octanol–water partition coefficient (Wildman–Crippen LogP) is 4.03. The van der Waals surface area contributed by atoms with Gasteiger partial charge >= 0.3 is 0 Å². The van der Waals surface area contributed by atoms with E-state index in [1.165, 1.54) is 0 Å². The molecule has 1 aromatic heterocycles. The van der Waals surface area contributed by atoms with Gasteiger partial charge in [0.15, 0.2) is 0 Å². The first-order valence-corrected chi connectivity index (χ1v) is 9.53. The summed E-state index contributed by atoms with van der Waals surface area (Å²) in [5.74, 6) is 0. The van der Waals surface area contributed by atoms with E-state index in [1.54, 1.807) is 11.3 Å². The summed E-state index contributed by atoms with van der Waals surface area (Å²) in [5, 5.41) is 5.21. The fourth-order valence-corrected chi connectivity index (χ4v) is 2.87. The number of benzene rings is 1. The Morgan fingerprint density at radius 3 is 2.88 bits per heavy atom. The molecule has 26 heavy (non-hydrogen) atoms. The van der Waals surface area contributed by atoms with Gasteiger partial charge in [-0.25, -0.2) is 4.98 Å². The van der Waals surface area contributed by atoms with Crippen LogP contribution in [0, 0.1) is 0 Å². The first-order chi connectivity index (χ1) is 12.6. The number of likely N-dealkylation sites (N-methyl/N-ethyl adjacent to an activating group) is 1. The average molecular weight is 374 g/mol. The van der Waals surface area contributed by atoms with Gasteiger partial charge in [-0.15, -0.1) is 0 Å². The molecule has 1 aromatic carbocycles. The van der Waals surface area contributed by atoms with Crippen LogP contribution in [0.2, 0.25) is 0 Å². The first kappa shape index (κ1) is 20.2. The lowest BCUT2D eigenvalue weighted by Gasteiger charge is -2.09. The summed E-state index contributed by atoms with van der Waals surface area (Å²) < 4.78 is 6.77. The lowest BCUT2D eigenvalue weighted by molar-refractivity contribution is 0.141. The lowest BCUT2D eigenvalue weighted by atomic mass is 10.3. The Kier molecular flexibility index (Phi) is 8.40. The van der Waals surface area contributed by atoms with E-state index in [2.05, 4.69) is 38.4 Å². The summed E-state index contributed by atoms with van der Waals surface area (Å²) in [5.41, 5.74) is 5.62. The van der Waals surface area contributed by atoms with Crippen molar-refractivity contribution < 1.29 is 4.74 Å². The van der Waals surface area contributed by atoms with E-state index in [4.69, 9.17) is 4.74 Å². The van der Waals surface area contributed by atoms with Crippen LogP contribution in [0.1, 0.15) is 20.3 Å². The number of aliphatic imine (C=N–C) groups is 1. The number of anilines is 1. The Labute approximate surface area is 159 Å². The number of aromatic nitrogens is 1. The highest BCUT2D eigenvalue weighted by atomic mass is 32.1. The number of ether oxygens (including phenoxy) is 1. The molecule has 0 aliphatic carbocycles. The van der Waals surface area contributed by atoms with Gasteiger partial charge in [-0.2, -0.15) is 5.10 Å². The number of nitrogens with zero attached hydrogens (tertiary/aromatic N) is 4. The molecule has 2 rings (SSSR count). The van der Waals surface area contributed by atoms with Gasteiger partial charge in [0.25, 0.3) is 0 Å². The monoisotopic (exact) mass is 373 g/mol. The van der Waals surface area contributed by atoms with Crippen LogP contribution >= 0.6 is 11.3 Å². The van der Waals surface area contributed by atoms with Crippen molar-refractivity contribution in [2.24, 2.45) is 10.1 Å². The van der Waals surface area contributed by atoms with E-state index < -0.39 is 0 Å². The largest absolute Gasteiger partial charge is 0.376 e. The Hall–Kier alpha value is -2.09. The summed E-state index contributed by atoms with van der Waals surface area (Å²) >= 11 is 1.58. The van der Waals surface area contributed by atoms with Crippen LogP contribution < -0.4 is 5.43 Å². The molecule has 1 heterocycles. The number of thiazole rings is 1. The van der Waals surface area contributed by atoms with Gasteiger partial charge in [0.05, 0.1) is 34.8 Å². The zero-order valence-corrected chi connectivity index (χ0v) is 16.7. The van der Waals surface area contributed by atoms with Gasteiger partial charge in [-0.05, 0) is 45.6 Å². The molecule has 6 nitrogen and oxygen atoms in total. The highest BCUT2D eigenvalue weighted by Gasteiger charge is 2.04. The maximum absolute atomic E-state index is 5.63. The van der Waals surface area contributed by atoms with Crippen molar-refractivity contribution in [1.29, 1.82) is 0 Å². The second-order valence-corrected chi connectivity index (χ2v) is 7.01. The highest BCUT2D eigenvalue weighted by molar-refractivity contribution is 7.22. The molecule has 7 heteroatoms. The molecule has 140 valence electrons. The van der Waals surface area contributed by atoms with Crippen molar-refractivity contribution in [2.75, 3.05) is 39.3 Å². The lowest BCUT2D eigenvalue weighted by Crippen LogP contribution is -2.18. The Bertz CT molecular complexity index is 746. The standard InChI is InChI=1S/C19H27N5OS/c1-5-11-20-16(10-13-25-14-12-24(3)4)15(2)22-23-19-21-17-8-6-7-9-18(17)26-19/h6-11H,5,12-14H2,1-4H3,(H,21,23)/b16-10-,20-11?,22-15+. The molecule has 0 unspecified atom stereocenters. The van der Waals surface area contributed by atoms with Crippen LogP contribution in [0.5, 0.6) is 0 Å². The Morgan fingerprint density at radius 1 is 1.35 bits per heavy atom. The van der Waals surface area contributed by atoms with Crippen LogP contribution in [0.15, 0.2) is 46.1 Å². The van der Waals surface area contributed by atoms with Gasteiger partial charge in [0.2, 0.25) is 5.13 Å². The van der Waals surface area contributed by atoms with E-state index >= 15 is 0 Å². The van der Waals surface area contributed by atoms with Gasteiger partial charge in [-0.1, -0.05) is 30.4 Å². The van der Waals surface area contributed by atoms with E-state index in [-0.39, 0.29) is 0 Å². The molecule has 0 amide bonds. The molecule has 0 saturated carbocycles. The molecule has 0 saturated heterocycles. The number of para-hydroxylation sites is 1. The van der Waals surface area contributed by atoms with Crippen LogP contribution in [0.25, 0.3) is 10.2 Å². The van der Waals surface area contributed by atoms with E-state index in [0.29, 0.717) is 13.2 Å². The Morgan fingerprint density at radius 2 is 2.15 bits per heavy atom. The smallest absolute Gasteiger partial charge is 0.204 e. The third-order valence-corrected chi connectivity index (χ3v) is 4.42. The van der Waals surface area contributed by atoms with Gasteiger partial charge in [-0.3, -0.25) is 10.4 Å². The van der Waals surface area contributed by atoms with Crippen LogP contribution in [0.3, 0.4) is 0 Å². The topological polar surface area (TPSA) is 62.1 Å². The second-order valence-electron chi connectivity index (χ2n) is 5.98. The third-order valence-electron chi connectivity index (χ3n) is 3.47. The number of hydrogen-bond acceptors (Lipinski definition) is 7. The zero-order valence-electron chi connectivity index (χ0n) is 15.9. The van der Waals surface area contributed by atoms with Gasteiger partial charge in [0.1, 0.15) is 0 Å². The number of rotatable bonds is 10. The zero-order chi connectivity index (χ0) is 18.8. The minimum atomic E-state index is 0.512. The number of nitrogens with one attached hydrogen (secondary N) is 1. The van der Waals surface area contributed by atoms with Crippen LogP contribution in [-0.2, 0) is 4.74 Å². The van der Waals surface area contributed by atoms with Gasteiger partial charge < -0.3 is 9.64 Å². The summed E-state index contributed by atoms with van der Waals surface area (Å²) in [4.78, 5) is 11.1. The maximum atomic E-state index is 5.63. The molecular formula is C19H27N5OS. The van der Waals surface area contributed by atoms with Crippen LogP contribution in [0.4, 0.5) is 5.13 Å². The quantitative estimate of drug-likeness (QED) is 0.388. The molecule has 2 aromatic rings.